The van der Waals surface area contributed by atoms with Crippen molar-refractivity contribution in [3.05, 3.63) is 42.7 Å². The van der Waals surface area contributed by atoms with Crippen molar-refractivity contribution in [1.82, 2.24) is 10.3 Å². The first-order valence-electron chi connectivity index (χ1n) is 6.05. The topological polar surface area (TPSA) is 24.9 Å². The molecule has 0 spiro atoms. The maximum Gasteiger partial charge on any atom is 0.0270 e. The second kappa shape index (κ2) is 3.42. The Hall–Kier alpha value is -1.15. The highest BCUT2D eigenvalue weighted by molar-refractivity contribution is 5.40. The Morgan fingerprint density at radius 3 is 2.62 bits per heavy atom. The number of aromatic nitrogens is 1. The van der Waals surface area contributed by atoms with E-state index >= 15 is 0 Å². The molecule has 0 amide bonds. The van der Waals surface area contributed by atoms with E-state index in [0.29, 0.717) is 11.0 Å². The zero-order chi connectivity index (χ0) is 11.1. The number of hydrogen-bond acceptors (Lipinski definition) is 2. The Balaban J connectivity index is 1.59. The van der Waals surface area contributed by atoms with Crippen LogP contribution in [0.1, 0.15) is 31.2 Å². The molecule has 0 radical (unpaired) electrons. The summed E-state index contributed by atoms with van der Waals surface area (Å²) in [6.45, 7) is 4.83. The molecule has 3 fully saturated rings. The third-order valence-electron chi connectivity index (χ3n) is 4.17. The Morgan fingerprint density at radius 1 is 1.31 bits per heavy atom. The average Bonchev–Trinajstić information content (AvgIpc) is 2.21. The molecule has 3 aliphatic carbocycles. The predicted octanol–water partition coefficient (Wildman–Crippen LogP) is 2.42. The monoisotopic (exact) mass is 214 g/mol. The van der Waals surface area contributed by atoms with Crippen LogP contribution in [0.3, 0.4) is 0 Å². The minimum atomic E-state index is 0.465. The third-order valence-corrected chi connectivity index (χ3v) is 4.17. The van der Waals surface area contributed by atoms with E-state index in [4.69, 9.17) is 0 Å². The summed E-state index contributed by atoms with van der Waals surface area (Å²) in [6, 6.07) is 4.35. The maximum atomic E-state index is 4.09. The highest BCUT2D eigenvalue weighted by Gasteiger charge is 2.67. The number of nitrogens with zero attached hydrogens (tertiary/aromatic N) is 1. The van der Waals surface area contributed by atoms with Crippen molar-refractivity contribution in [3.8, 4) is 0 Å². The molecule has 2 nitrogen and oxygen atoms in total. The van der Waals surface area contributed by atoms with E-state index in [0.717, 1.165) is 13.0 Å². The molecule has 3 aliphatic rings. The van der Waals surface area contributed by atoms with Crippen LogP contribution >= 0.6 is 0 Å². The van der Waals surface area contributed by atoms with Gasteiger partial charge in [-0.05, 0) is 49.9 Å². The van der Waals surface area contributed by atoms with Crippen molar-refractivity contribution in [2.45, 2.75) is 36.6 Å². The van der Waals surface area contributed by atoms with Gasteiger partial charge < -0.3 is 5.32 Å². The zero-order valence-electron chi connectivity index (χ0n) is 9.58. The molecule has 84 valence electrons. The summed E-state index contributed by atoms with van der Waals surface area (Å²) in [4.78, 5) is 4.09. The Morgan fingerprint density at radius 2 is 2.00 bits per heavy atom. The summed E-state index contributed by atoms with van der Waals surface area (Å²) in [5.41, 5.74) is 2.44. The maximum absolute atomic E-state index is 4.09. The number of nitrogens with one attached hydrogen (secondary N) is 1. The minimum absolute atomic E-state index is 0.465. The van der Waals surface area contributed by atoms with Crippen molar-refractivity contribution < 1.29 is 0 Å². The lowest BCUT2D eigenvalue weighted by atomic mass is 9.37. The first-order valence-corrected chi connectivity index (χ1v) is 6.05. The molecular formula is C14H18N2. The fraction of sp³-hybridized carbons (Fsp3) is 0.500. The Bertz CT molecular complexity index is 377. The number of pyridine rings is 1. The molecular weight excluding hydrogens is 196 g/mol. The van der Waals surface area contributed by atoms with Crippen LogP contribution in [0.5, 0.6) is 0 Å². The van der Waals surface area contributed by atoms with Crippen molar-refractivity contribution in [3.63, 3.8) is 0 Å². The van der Waals surface area contributed by atoms with E-state index in [1.54, 1.807) is 0 Å². The van der Waals surface area contributed by atoms with Crippen LogP contribution in [0.4, 0.5) is 0 Å². The molecule has 2 heteroatoms. The van der Waals surface area contributed by atoms with Gasteiger partial charge >= 0.3 is 0 Å². The molecule has 0 aliphatic heterocycles. The van der Waals surface area contributed by atoms with E-state index in [-0.39, 0.29) is 0 Å². The first kappa shape index (κ1) is 10.0. The highest BCUT2D eigenvalue weighted by Crippen LogP contribution is 2.67. The molecule has 0 aromatic carbocycles. The van der Waals surface area contributed by atoms with E-state index in [9.17, 15) is 0 Å². The van der Waals surface area contributed by atoms with Gasteiger partial charge in [0.25, 0.3) is 0 Å². The summed E-state index contributed by atoms with van der Waals surface area (Å²) in [5.74, 6) is 0. The van der Waals surface area contributed by atoms with Crippen molar-refractivity contribution in [2.75, 3.05) is 6.54 Å². The van der Waals surface area contributed by atoms with Gasteiger partial charge in [0.2, 0.25) is 0 Å². The van der Waals surface area contributed by atoms with Crippen molar-refractivity contribution in [2.24, 2.45) is 0 Å². The van der Waals surface area contributed by atoms with Gasteiger partial charge in [0.05, 0.1) is 0 Å². The molecule has 3 saturated carbocycles. The van der Waals surface area contributed by atoms with E-state index < -0.39 is 0 Å². The molecule has 0 atom stereocenters. The quantitative estimate of drug-likeness (QED) is 0.601. The summed E-state index contributed by atoms with van der Waals surface area (Å²) >= 11 is 0. The average molecular weight is 214 g/mol. The van der Waals surface area contributed by atoms with Crippen LogP contribution < -0.4 is 5.32 Å². The summed E-state index contributed by atoms with van der Waals surface area (Å²) in [6.07, 6.45) is 10.8. The van der Waals surface area contributed by atoms with Gasteiger partial charge in [-0.25, -0.2) is 0 Å². The summed E-state index contributed by atoms with van der Waals surface area (Å²) in [7, 11) is 0. The van der Waals surface area contributed by atoms with Gasteiger partial charge in [-0.2, -0.15) is 0 Å². The van der Waals surface area contributed by atoms with Gasteiger partial charge in [-0.15, -0.1) is 6.58 Å². The predicted molar refractivity (Wildman–Crippen MR) is 65.3 cm³/mol. The molecule has 16 heavy (non-hydrogen) atoms. The SMILES string of the molecule is C=CCCNC12CC(c3ccncc3)(C1)C2. The molecule has 1 N–H and O–H groups in total. The van der Waals surface area contributed by atoms with E-state index in [1.165, 1.54) is 24.8 Å². The highest BCUT2D eigenvalue weighted by atomic mass is 15.1. The van der Waals surface area contributed by atoms with Crippen LogP contribution in [-0.2, 0) is 5.41 Å². The van der Waals surface area contributed by atoms with Crippen LogP contribution in [0.25, 0.3) is 0 Å². The second-order valence-electron chi connectivity index (χ2n) is 5.33. The molecule has 1 aromatic heterocycles. The molecule has 4 rings (SSSR count). The second-order valence-corrected chi connectivity index (χ2v) is 5.33. The lowest BCUT2D eigenvalue weighted by Crippen LogP contribution is -2.75. The standard InChI is InChI=1S/C14H18N2/c1-2-3-6-16-14-9-13(10-14,11-14)12-4-7-15-8-5-12/h2,4-5,7-8,16H,1,3,6,9-11H2. The van der Waals surface area contributed by atoms with Crippen LogP contribution in [-0.4, -0.2) is 17.1 Å². The molecule has 0 unspecified atom stereocenters. The minimum Gasteiger partial charge on any atom is -0.311 e. The normalized spacial score (nSPS) is 35.0. The summed E-state index contributed by atoms with van der Waals surface area (Å²) < 4.78 is 0. The van der Waals surface area contributed by atoms with Crippen LogP contribution in [0.2, 0.25) is 0 Å². The number of rotatable bonds is 5. The molecule has 1 heterocycles. The Kier molecular flexibility index (Phi) is 2.15. The lowest BCUT2D eigenvalue weighted by molar-refractivity contribution is -0.0875. The summed E-state index contributed by atoms with van der Waals surface area (Å²) in [5, 5.41) is 3.67. The molecule has 1 aromatic rings. The molecule has 2 bridgehead atoms. The Labute approximate surface area is 96.8 Å². The first-order chi connectivity index (χ1) is 7.79. The van der Waals surface area contributed by atoms with Crippen LogP contribution in [0, 0.1) is 0 Å². The van der Waals surface area contributed by atoms with Crippen LogP contribution in [0.15, 0.2) is 37.2 Å². The number of hydrogen-bond donors (Lipinski definition) is 1. The van der Waals surface area contributed by atoms with E-state index in [2.05, 4.69) is 29.0 Å². The third kappa shape index (κ3) is 1.33. The van der Waals surface area contributed by atoms with Gasteiger partial charge in [-0.1, -0.05) is 6.08 Å². The van der Waals surface area contributed by atoms with Gasteiger partial charge in [0.1, 0.15) is 0 Å². The van der Waals surface area contributed by atoms with E-state index in [1.807, 2.05) is 18.5 Å². The zero-order valence-corrected chi connectivity index (χ0v) is 9.58. The van der Waals surface area contributed by atoms with Crippen molar-refractivity contribution in [1.29, 1.82) is 0 Å². The smallest absolute Gasteiger partial charge is 0.0270 e. The molecule has 0 saturated heterocycles. The largest absolute Gasteiger partial charge is 0.311 e. The van der Waals surface area contributed by atoms with Gasteiger partial charge in [0, 0.05) is 23.3 Å². The van der Waals surface area contributed by atoms with Crippen molar-refractivity contribution >= 4 is 0 Å². The van der Waals surface area contributed by atoms with Gasteiger partial charge in [-0.3, -0.25) is 4.98 Å². The fourth-order valence-electron chi connectivity index (χ4n) is 3.43. The van der Waals surface area contributed by atoms with Gasteiger partial charge in [0.15, 0.2) is 0 Å². The lowest BCUT2D eigenvalue weighted by Gasteiger charge is -2.71. The fourth-order valence-corrected chi connectivity index (χ4v) is 3.43.